The minimum atomic E-state index is -2.96. The summed E-state index contributed by atoms with van der Waals surface area (Å²) in [5, 5.41) is 7.03. The van der Waals surface area contributed by atoms with Gasteiger partial charge in [-0.2, -0.15) is 13.9 Å². The Morgan fingerprint density at radius 3 is 2.82 bits per heavy atom. The van der Waals surface area contributed by atoms with E-state index in [-0.39, 0.29) is 17.3 Å². The number of nitrogens with one attached hydrogen (secondary N) is 1. The molecule has 1 heterocycles. The van der Waals surface area contributed by atoms with Crippen molar-refractivity contribution in [1.29, 1.82) is 0 Å². The highest BCUT2D eigenvalue weighted by molar-refractivity contribution is 6.30. The number of anilines is 1. The summed E-state index contributed by atoms with van der Waals surface area (Å²) < 4.78 is 30.6. The molecule has 2 rings (SSSR count). The lowest BCUT2D eigenvalue weighted by Gasteiger charge is -2.15. The zero-order valence-electron chi connectivity index (χ0n) is 11.7. The van der Waals surface area contributed by atoms with Gasteiger partial charge in [0.05, 0.1) is 29.4 Å². The fraction of sp³-hybridized carbons (Fsp3) is 0.286. The van der Waals surface area contributed by atoms with Crippen LogP contribution < -0.4 is 10.1 Å². The van der Waals surface area contributed by atoms with Crippen molar-refractivity contribution in [3.8, 4) is 5.75 Å². The van der Waals surface area contributed by atoms with Crippen molar-refractivity contribution in [2.24, 2.45) is 5.92 Å². The van der Waals surface area contributed by atoms with Crippen LogP contribution in [-0.4, -0.2) is 22.3 Å². The molecule has 0 saturated heterocycles. The van der Waals surface area contributed by atoms with Gasteiger partial charge in [0.15, 0.2) is 0 Å². The lowest BCUT2D eigenvalue weighted by atomic mass is 10.1. The van der Waals surface area contributed by atoms with Gasteiger partial charge in [-0.15, -0.1) is 0 Å². The topological polar surface area (TPSA) is 56.2 Å². The number of hydrogen-bond acceptors (Lipinski definition) is 3. The molecule has 0 aliphatic heterocycles. The van der Waals surface area contributed by atoms with Gasteiger partial charge < -0.3 is 10.1 Å². The highest BCUT2D eigenvalue weighted by atomic mass is 35.5. The third-order valence-corrected chi connectivity index (χ3v) is 3.07. The van der Waals surface area contributed by atoms with Gasteiger partial charge in [-0.3, -0.25) is 9.48 Å². The highest BCUT2D eigenvalue weighted by Gasteiger charge is 2.17. The molecule has 1 unspecified atom stereocenters. The van der Waals surface area contributed by atoms with E-state index in [9.17, 15) is 13.6 Å². The van der Waals surface area contributed by atoms with Gasteiger partial charge in [0, 0.05) is 6.20 Å². The first-order valence-corrected chi connectivity index (χ1v) is 6.86. The van der Waals surface area contributed by atoms with Gasteiger partial charge in [0.1, 0.15) is 5.75 Å². The summed E-state index contributed by atoms with van der Waals surface area (Å²) in [5.74, 6) is -0.854. The lowest BCUT2D eigenvalue weighted by molar-refractivity contribution is -0.119. The molecular formula is C14H14ClF2N3O2. The van der Waals surface area contributed by atoms with Crippen LogP contribution in [0, 0.1) is 5.92 Å². The maximum atomic E-state index is 12.3. The summed E-state index contributed by atoms with van der Waals surface area (Å²) in [7, 11) is 0. The van der Waals surface area contributed by atoms with E-state index >= 15 is 0 Å². The predicted octanol–water partition coefficient (Wildman–Crippen LogP) is 3.41. The molecule has 0 saturated carbocycles. The van der Waals surface area contributed by atoms with Crippen molar-refractivity contribution >= 4 is 23.2 Å². The molecule has 0 aliphatic carbocycles. The Bertz CT molecular complexity index is 649. The summed E-state index contributed by atoms with van der Waals surface area (Å²) in [6.45, 7) is -0.945. The largest absolute Gasteiger partial charge is 0.433 e. The van der Waals surface area contributed by atoms with Crippen LogP contribution in [0.2, 0.25) is 5.02 Å². The number of aromatic nitrogens is 2. The van der Waals surface area contributed by atoms with Crippen molar-refractivity contribution < 1.29 is 18.3 Å². The second kappa shape index (κ2) is 7.22. The molecule has 8 heteroatoms. The summed E-state index contributed by atoms with van der Waals surface area (Å²) in [6, 6.07) is 6.02. The summed E-state index contributed by atoms with van der Waals surface area (Å²) in [5.41, 5.74) is 0.193. The summed E-state index contributed by atoms with van der Waals surface area (Å²) >= 11 is 5.75. The monoisotopic (exact) mass is 329 g/mol. The summed E-state index contributed by atoms with van der Waals surface area (Å²) in [4.78, 5) is 12.1. The molecule has 5 nitrogen and oxygen atoms in total. The molecule has 118 valence electrons. The van der Waals surface area contributed by atoms with Crippen LogP contribution in [0.5, 0.6) is 5.75 Å². The molecule has 1 aromatic carbocycles. The van der Waals surface area contributed by atoms with E-state index in [1.54, 1.807) is 25.3 Å². The molecule has 1 amide bonds. The number of nitrogens with zero attached hydrogens (tertiary/aromatic N) is 2. The van der Waals surface area contributed by atoms with Crippen LogP contribution >= 0.6 is 11.6 Å². The smallest absolute Gasteiger partial charge is 0.387 e. The van der Waals surface area contributed by atoms with Crippen LogP contribution in [-0.2, 0) is 11.3 Å². The van der Waals surface area contributed by atoms with Gasteiger partial charge in [-0.05, 0) is 12.1 Å². The van der Waals surface area contributed by atoms with Gasteiger partial charge in [-0.1, -0.05) is 30.7 Å². The molecule has 1 aromatic heterocycles. The maximum Gasteiger partial charge on any atom is 0.387 e. The number of amides is 1. The minimum Gasteiger partial charge on any atom is -0.433 e. The number of rotatable bonds is 6. The van der Waals surface area contributed by atoms with Gasteiger partial charge in [-0.25, -0.2) is 0 Å². The Balaban J connectivity index is 2.02. The number of hydrogen-bond donors (Lipinski definition) is 1. The number of carbonyl (C=O) groups excluding carboxylic acids is 1. The van der Waals surface area contributed by atoms with Crippen LogP contribution in [0.25, 0.3) is 0 Å². The lowest BCUT2D eigenvalue weighted by Crippen LogP contribution is -2.25. The van der Waals surface area contributed by atoms with Crippen molar-refractivity contribution in [3.05, 3.63) is 41.7 Å². The van der Waals surface area contributed by atoms with Gasteiger partial charge >= 0.3 is 6.61 Å². The molecule has 1 atom stereocenters. The first kappa shape index (κ1) is 16.2. The van der Waals surface area contributed by atoms with E-state index in [0.717, 1.165) is 0 Å². The fourth-order valence-corrected chi connectivity index (χ4v) is 1.98. The van der Waals surface area contributed by atoms with Crippen LogP contribution in [0.15, 0.2) is 36.7 Å². The predicted molar refractivity (Wildman–Crippen MR) is 78.1 cm³/mol. The van der Waals surface area contributed by atoms with E-state index in [2.05, 4.69) is 15.2 Å². The molecular weight excluding hydrogens is 316 g/mol. The third kappa shape index (κ3) is 4.42. The quantitative estimate of drug-likeness (QED) is 0.883. The SMILES string of the molecule is CC(Cn1cc(Cl)cn1)C(=O)Nc1ccccc1OC(F)F. The average Bonchev–Trinajstić information content (AvgIpc) is 2.85. The van der Waals surface area contributed by atoms with Crippen molar-refractivity contribution in [2.75, 3.05) is 5.32 Å². The number of para-hydroxylation sites is 2. The van der Waals surface area contributed by atoms with Crippen molar-refractivity contribution in [1.82, 2.24) is 9.78 Å². The maximum absolute atomic E-state index is 12.3. The molecule has 2 aromatic rings. The highest BCUT2D eigenvalue weighted by Crippen LogP contribution is 2.26. The number of alkyl halides is 2. The van der Waals surface area contributed by atoms with Gasteiger partial charge in [0.2, 0.25) is 5.91 Å². The molecule has 0 radical (unpaired) electrons. The number of ether oxygens (including phenoxy) is 1. The first-order valence-electron chi connectivity index (χ1n) is 6.48. The minimum absolute atomic E-state index is 0.0832. The molecule has 22 heavy (non-hydrogen) atoms. The molecule has 0 aliphatic rings. The van der Waals surface area contributed by atoms with Crippen LogP contribution in [0.4, 0.5) is 14.5 Å². The number of carbonyl (C=O) groups is 1. The van der Waals surface area contributed by atoms with Crippen LogP contribution in [0.1, 0.15) is 6.92 Å². The van der Waals surface area contributed by atoms with E-state index in [0.29, 0.717) is 11.6 Å². The standard InChI is InChI=1S/C14H14ClF2N3O2/c1-9(7-20-8-10(15)6-18-20)13(21)19-11-4-2-3-5-12(11)22-14(16)17/h2-6,8-9,14H,7H2,1H3,(H,19,21). The first-order chi connectivity index (χ1) is 10.5. The Kier molecular flexibility index (Phi) is 5.32. The zero-order chi connectivity index (χ0) is 16.1. The average molecular weight is 330 g/mol. The van der Waals surface area contributed by atoms with Crippen LogP contribution in [0.3, 0.4) is 0 Å². The van der Waals surface area contributed by atoms with Gasteiger partial charge in [0.25, 0.3) is 0 Å². The molecule has 0 fully saturated rings. The molecule has 1 N–H and O–H groups in total. The van der Waals surface area contributed by atoms with Crippen molar-refractivity contribution in [3.63, 3.8) is 0 Å². The second-order valence-corrected chi connectivity index (χ2v) is 5.08. The van der Waals surface area contributed by atoms with E-state index in [1.165, 1.54) is 23.0 Å². The fourth-order valence-electron chi connectivity index (χ4n) is 1.83. The summed E-state index contributed by atoms with van der Waals surface area (Å²) in [6.07, 6.45) is 3.07. The van der Waals surface area contributed by atoms with E-state index in [4.69, 9.17) is 11.6 Å². The van der Waals surface area contributed by atoms with Crippen molar-refractivity contribution in [2.45, 2.75) is 20.1 Å². The zero-order valence-corrected chi connectivity index (χ0v) is 12.4. The van der Waals surface area contributed by atoms with E-state index in [1.807, 2.05) is 0 Å². The normalized spacial score (nSPS) is 12.2. The Morgan fingerprint density at radius 1 is 1.45 bits per heavy atom. The third-order valence-electron chi connectivity index (χ3n) is 2.87. The Labute approximate surface area is 130 Å². The number of halogens is 3. The van der Waals surface area contributed by atoms with E-state index < -0.39 is 12.5 Å². The Hall–Kier alpha value is -2.15. The Morgan fingerprint density at radius 2 is 2.18 bits per heavy atom. The molecule has 0 spiro atoms. The molecule has 0 bridgehead atoms. The second-order valence-electron chi connectivity index (χ2n) is 4.65. The number of benzene rings is 1.